The van der Waals surface area contributed by atoms with Gasteiger partial charge >= 0.3 is 12.1 Å². The fourth-order valence-electron chi connectivity index (χ4n) is 2.09. The standard InChI is InChI=1S/C14H10F5NO4/c15-1-2-20-5-8(13(22)23)12(21)7-3-9(16)11(4-10(7)20)24-6-14(17,18)19/h3-5H,1-2,6H2,(H,22,23). The first-order valence-corrected chi connectivity index (χ1v) is 6.49. The second kappa shape index (κ2) is 6.46. The third kappa shape index (κ3) is 3.63. The Balaban J connectivity index is 2.66. The molecule has 0 unspecified atom stereocenters. The van der Waals surface area contributed by atoms with Crippen molar-refractivity contribution in [2.24, 2.45) is 0 Å². The number of carbonyl (C=O) groups is 1. The average molecular weight is 351 g/mol. The third-order valence-corrected chi connectivity index (χ3v) is 3.08. The van der Waals surface area contributed by atoms with Gasteiger partial charge < -0.3 is 14.4 Å². The van der Waals surface area contributed by atoms with E-state index in [0.29, 0.717) is 6.07 Å². The summed E-state index contributed by atoms with van der Waals surface area (Å²) >= 11 is 0. The molecule has 2 rings (SSSR count). The largest absolute Gasteiger partial charge is 0.481 e. The Bertz CT molecular complexity index is 844. The zero-order valence-electron chi connectivity index (χ0n) is 11.9. The van der Waals surface area contributed by atoms with Crippen LogP contribution in [0, 0.1) is 5.82 Å². The summed E-state index contributed by atoms with van der Waals surface area (Å²) in [6.45, 7) is -3.06. The molecule has 0 radical (unpaired) electrons. The number of hydrogen-bond acceptors (Lipinski definition) is 3. The van der Waals surface area contributed by atoms with Crippen molar-refractivity contribution in [2.45, 2.75) is 12.7 Å². The van der Waals surface area contributed by atoms with E-state index in [4.69, 9.17) is 5.11 Å². The molecule has 0 aliphatic rings. The summed E-state index contributed by atoms with van der Waals surface area (Å²) < 4.78 is 68.3. The van der Waals surface area contributed by atoms with Gasteiger partial charge in [0.25, 0.3) is 0 Å². The lowest BCUT2D eigenvalue weighted by Gasteiger charge is -2.14. The molecule has 130 valence electrons. The van der Waals surface area contributed by atoms with Crippen LogP contribution in [0.1, 0.15) is 10.4 Å². The maximum Gasteiger partial charge on any atom is 0.422 e. The Hall–Kier alpha value is -2.65. The van der Waals surface area contributed by atoms with E-state index in [-0.39, 0.29) is 12.1 Å². The molecule has 0 atom stereocenters. The molecule has 1 aromatic heterocycles. The molecule has 0 amide bonds. The number of halogens is 5. The first kappa shape index (κ1) is 17.7. The van der Waals surface area contributed by atoms with E-state index in [1.807, 2.05) is 0 Å². The van der Waals surface area contributed by atoms with E-state index in [2.05, 4.69) is 4.74 Å². The predicted molar refractivity (Wildman–Crippen MR) is 72.7 cm³/mol. The van der Waals surface area contributed by atoms with Crippen LogP contribution in [0.25, 0.3) is 10.9 Å². The summed E-state index contributed by atoms with van der Waals surface area (Å²) in [6, 6.07) is 1.38. The molecule has 0 bridgehead atoms. The quantitative estimate of drug-likeness (QED) is 0.841. The Kier molecular flexibility index (Phi) is 4.76. The number of benzene rings is 1. The highest BCUT2D eigenvalue weighted by molar-refractivity contribution is 5.92. The monoisotopic (exact) mass is 351 g/mol. The number of ether oxygens (including phenoxy) is 1. The number of aryl methyl sites for hydroxylation is 1. The molecule has 24 heavy (non-hydrogen) atoms. The molecular formula is C14H10F5NO4. The number of aromatic nitrogens is 1. The van der Waals surface area contributed by atoms with Crippen molar-refractivity contribution < 1.29 is 36.6 Å². The summed E-state index contributed by atoms with van der Waals surface area (Å²) in [4.78, 5) is 23.1. The molecule has 1 aromatic carbocycles. The number of alkyl halides is 4. The van der Waals surface area contributed by atoms with Gasteiger partial charge in [-0.2, -0.15) is 13.2 Å². The van der Waals surface area contributed by atoms with Crippen LogP contribution >= 0.6 is 0 Å². The van der Waals surface area contributed by atoms with Crippen molar-refractivity contribution in [1.82, 2.24) is 4.57 Å². The summed E-state index contributed by atoms with van der Waals surface area (Å²) in [7, 11) is 0. The maximum atomic E-state index is 13.9. The molecule has 10 heteroatoms. The number of hydrogen-bond donors (Lipinski definition) is 1. The predicted octanol–water partition coefficient (Wildman–Crippen LogP) is 2.75. The molecule has 1 heterocycles. The molecular weight excluding hydrogens is 341 g/mol. The summed E-state index contributed by atoms with van der Waals surface area (Å²) in [5, 5.41) is 8.56. The van der Waals surface area contributed by atoms with Gasteiger partial charge in [0.2, 0.25) is 5.43 Å². The van der Waals surface area contributed by atoms with E-state index < -0.39 is 53.4 Å². The number of nitrogens with zero attached hydrogens (tertiary/aromatic N) is 1. The minimum atomic E-state index is -4.70. The first-order valence-electron chi connectivity index (χ1n) is 6.49. The minimum absolute atomic E-state index is 0.138. The van der Waals surface area contributed by atoms with Crippen molar-refractivity contribution in [3.63, 3.8) is 0 Å². The summed E-state index contributed by atoms with van der Waals surface area (Å²) in [5.41, 5.74) is -1.88. The molecule has 1 N–H and O–H groups in total. The van der Waals surface area contributed by atoms with Crippen LogP contribution in [-0.4, -0.2) is 35.1 Å². The molecule has 0 saturated carbocycles. The lowest BCUT2D eigenvalue weighted by Crippen LogP contribution is -2.21. The lowest BCUT2D eigenvalue weighted by atomic mass is 10.1. The second-order valence-electron chi connectivity index (χ2n) is 4.76. The number of aromatic carboxylic acids is 1. The van der Waals surface area contributed by atoms with E-state index in [0.717, 1.165) is 16.8 Å². The van der Waals surface area contributed by atoms with Crippen LogP contribution in [0.5, 0.6) is 5.75 Å². The molecule has 2 aromatic rings. The zero-order valence-corrected chi connectivity index (χ0v) is 11.9. The van der Waals surface area contributed by atoms with Crippen LogP contribution in [0.3, 0.4) is 0 Å². The van der Waals surface area contributed by atoms with Gasteiger partial charge in [0, 0.05) is 17.6 Å². The van der Waals surface area contributed by atoms with Gasteiger partial charge in [-0.05, 0) is 6.07 Å². The number of pyridine rings is 1. The minimum Gasteiger partial charge on any atom is -0.481 e. The number of fused-ring (bicyclic) bond motifs is 1. The van der Waals surface area contributed by atoms with Gasteiger partial charge in [-0.15, -0.1) is 0 Å². The van der Waals surface area contributed by atoms with Crippen LogP contribution in [0.15, 0.2) is 23.1 Å². The van der Waals surface area contributed by atoms with Gasteiger partial charge in [0.05, 0.1) is 12.1 Å². The normalized spacial score (nSPS) is 11.7. The van der Waals surface area contributed by atoms with Crippen molar-refractivity contribution in [3.8, 4) is 5.75 Å². The number of carboxylic acids is 1. The Morgan fingerprint density at radius 2 is 1.96 bits per heavy atom. The lowest BCUT2D eigenvalue weighted by molar-refractivity contribution is -0.153. The molecule has 0 fully saturated rings. The average Bonchev–Trinajstić information content (AvgIpc) is 2.47. The number of rotatable bonds is 5. The second-order valence-corrected chi connectivity index (χ2v) is 4.76. The van der Waals surface area contributed by atoms with E-state index in [1.54, 1.807) is 0 Å². The van der Waals surface area contributed by atoms with Crippen LogP contribution < -0.4 is 10.2 Å². The Morgan fingerprint density at radius 1 is 1.29 bits per heavy atom. The molecule has 0 spiro atoms. The van der Waals surface area contributed by atoms with Gasteiger partial charge in [0.1, 0.15) is 12.2 Å². The van der Waals surface area contributed by atoms with Gasteiger partial charge in [-0.3, -0.25) is 4.79 Å². The Labute approximate surface area is 130 Å². The highest BCUT2D eigenvalue weighted by Crippen LogP contribution is 2.26. The molecule has 0 aliphatic carbocycles. The van der Waals surface area contributed by atoms with Gasteiger partial charge in [-0.25, -0.2) is 13.6 Å². The van der Waals surface area contributed by atoms with Crippen LogP contribution in [0.4, 0.5) is 22.0 Å². The fraction of sp³-hybridized carbons (Fsp3) is 0.286. The van der Waals surface area contributed by atoms with Crippen LogP contribution in [0.2, 0.25) is 0 Å². The summed E-state index contributed by atoms with van der Waals surface area (Å²) in [6.07, 6.45) is -3.86. The molecule has 0 aliphatic heterocycles. The van der Waals surface area contributed by atoms with Crippen molar-refractivity contribution >= 4 is 16.9 Å². The van der Waals surface area contributed by atoms with Crippen molar-refractivity contribution in [3.05, 3.63) is 39.9 Å². The third-order valence-electron chi connectivity index (χ3n) is 3.08. The zero-order chi connectivity index (χ0) is 18.1. The van der Waals surface area contributed by atoms with Crippen molar-refractivity contribution in [1.29, 1.82) is 0 Å². The van der Waals surface area contributed by atoms with Gasteiger partial charge in [0.15, 0.2) is 18.2 Å². The molecule has 5 nitrogen and oxygen atoms in total. The Morgan fingerprint density at radius 3 is 2.50 bits per heavy atom. The highest BCUT2D eigenvalue weighted by atomic mass is 19.4. The van der Waals surface area contributed by atoms with Crippen molar-refractivity contribution in [2.75, 3.05) is 13.3 Å². The van der Waals surface area contributed by atoms with Crippen LogP contribution in [-0.2, 0) is 6.54 Å². The maximum absolute atomic E-state index is 13.9. The first-order chi connectivity index (χ1) is 11.1. The molecule has 0 saturated heterocycles. The van der Waals surface area contributed by atoms with Gasteiger partial charge in [-0.1, -0.05) is 0 Å². The highest BCUT2D eigenvalue weighted by Gasteiger charge is 2.29. The SMILES string of the molecule is O=C(O)c1cn(CCF)c2cc(OCC(F)(F)F)c(F)cc2c1=O. The summed E-state index contributed by atoms with van der Waals surface area (Å²) in [5.74, 6) is -3.64. The van der Waals surface area contributed by atoms with E-state index in [9.17, 15) is 31.5 Å². The fourth-order valence-corrected chi connectivity index (χ4v) is 2.09. The van der Waals surface area contributed by atoms with E-state index in [1.165, 1.54) is 0 Å². The smallest absolute Gasteiger partial charge is 0.422 e. The topological polar surface area (TPSA) is 68.5 Å². The van der Waals surface area contributed by atoms with E-state index >= 15 is 0 Å². The number of carboxylic acid groups (broad SMARTS) is 1.